The summed E-state index contributed by atoms with van der Waals surface area (Å²) in [4.78, 5) is 0. The molecule has 0 radical (unpaired) electrons. The third-order valence-electron chi connectivity index (χ3n) is 2.83. The maximum absolute atomic E-state index is 5.96. The second kappa shape index (κ2) is 6.73. The Hall–Kier alpha value is -1.32. The molecule has 0 aliphatic carbocycles. The normalized spacial score (nSPS) is 12.2. The number of anilines is 1. The lowest BCUT2D eigenvalue weighted by molar-refractivity contribution is 0.705. The zero-order valence-electron chi connectivity index (χ0n) is 10.6. The van der Waals surface area contributed by atoms with Crippen molar-refractivity contribution in [3.8, 4) is 0 Å². The van der Waals surface area contributed by atoms with Crippen LogP contribution in [0, 0.1) is 0 Å². The molecule has 1 atom stereocenters. The van der Waals surface area contributed by atoms with Crippen LogP contribution in [0.5, 0.6) is 0 Å². The summed E-state index contributed by atoms with van der Waals surface area (Å²) in [5.41, 5.74) is 2.05. The van der Waals surface area contributed by atoms with Gasteiger partial charge in [-0.1, -0.05) is 53.5 Å². The van der Waals surface area contributed by atoms with E-state index in [9.17, 15) is 0 Å². The largest absolute Gasteiger partial charge is 0.380 e. The van der Waals surface area contributed by atoms with Crippen molar-refractivity contribution in [3.05, 3.63) is 52.3 Å². The number of halogens is 2. The quantitative estimate of drug-likeness (QED) is 0.897. The number of nitrogens with zero attached hydrogens (tertiary/aromatic N) is 2. The molecule has 2 rings (SSSR count). The fraction of sp³-hybridized carbons (Fsp3) is 0.286. The Bertz CT molecular complexity index is 531. The molecule has 1 aromatic heterocycles. The van der Waals surface area contributed by atoms with Crippen molar-refractivity contribution in [1.29, 1.82) is 0 Å². The van der Waals surface area contributed by atoms with Gasteiger partial charge in [0.15, 0.2) is 10.3 Å². The van der Waals surface area contributed by atoms with Crippen LogP contribution in [0.4, 0.5) is 5.69 Å². The smallest absolute Gasteiger partial charge is 0.174 e. The Morgan fingerprint density at radius 3 is 2.63 bits per heavy atom. The Morgan fingerprint density at radius 1 is 1.16 bits per heavy atom. The van der Waals surface area contributed by atoms with Crippen molar-refractivity contribution in [2.45, 2.75) is 25.8 Å². The number of aromatic nitrogens is 2. The molecule has 0 amide bonds. The fourth-order valence-corrected chi connectivity index (χ4v) is 2.11. The lowest BCUT2D eigenvalue weighted by Gasteiger charge is -2.15. The van der Waals surface area contributed by atoms with E-state index in [4.69, 9.17) is 23.2 Å². The molecule has 19 heavy (non-hydrogen) atoms. The van der Waals surface area contributed by atoms with Gasteiger partial charge in [0.25, 0.3) is 0 Å². The molecule has 2 aromatic rings. The van der Waals surface area contributed by atoms with Gasteiger partial charge in [0.05, 0.1) is 5.69 Å². The zero-order valence-corrected chi connectivity index (χ0v) is 12.1. The molecule has 1 aromatic carbocycles. The van der Waals surface area contributed by atoms with Gasteiger partial charge in [-0.3, -0.25) is 0 Å². The molecule has 0 saturated carbocycles. The van der Waals surface area contributed by atoms with E-state index in [0.717, 1.165) is 18.5 Å². The predicted molar refractivity (Wildman–Crippen MR) is 79.9 cm³/mol. The van der Waals surface area contributed by atoms with Gasteiger partial charge >= 0.3 is 0 Å². The van der Waals surface area contributed by atoms with Crippen molar-refractivity contribution in [2.24, 2.45) is 0 Å². The van der Waals surface area contributed by atoms with Crippen LogP contribution in [0.1, 0.15) is 18.9 Å². The molecule has 0 spiro atoms. The SMILES string of the molecule is CC(CCc1ccccc1)Nc1cc(Cl)nnc1Cl. The Morgan fingerprint density at radius 2 is 1.89 bits per heavy atom. The van der Waals surface area contributed by atoms with E-state index >= 15 is 0 Å². The van der Waals surface area contributed by atoms with Crippen LogP contribution in [0.15, 0.2) is 36.4 Å². The summed E-state index contributed by atoms with van der Waals surface area (Å²) in [5.74, 6) is 0. The molecule has 0 aliphatic heterocycles. The number of rotatable bonds is 5. The maximum atomic E-state index is 5.96. The molecular formula is C14H15Cl2N3. The summed E-state index contributed by atoms with van der Waals surface area (Å²) in [6.07, 6.45) is 2.01. The van der Waals surface area contributed by atoms with E-state index in [-0.39, 0.29) is 6.04 Å². The lowest BCUT2D eigenvalue weighted by Crippen LogP contribution is -2.16. The van der Waals surface area contributed by atoms with Crippen molar-refractivity contribution in [2.75, 3.05) is 5.32 Å². The minimum absolute atomic E-state index is 0.276. The van der Waals surface area contributed by atoms with Gasteiger partial charge in [0, 0.05) is 12.1 Å². The molecule has 5 heteroatoms. The minimum atomic E-state index is 0.276. The number of nitrogens with one attached hydrogen (secondary N) is 1. The first kappa shape index (κ1) is 14.1. The van der Waals surface area contributed by atoms with Gasteiger partial charge in [0.2, 0.25) is 0 Å². The number of aryl methyl sites for hydroxylation is 1. The van der Waals surface area contributed by atoms with Gasteiger partial charge in [-0.2, -0.15) is 0 Å². The lowest BCUT2D eigenvalue weighted by atomic mass is 10.1. The van der Waals surface area contributed by atoms with Crippen molar-refractivity contribution in [3.63, 3.8) is 0 Å². The van der Waals surface area contributed by atoms with Crippen LogP contribution in [0.25, 0.3) is 0 Å². The van der Waals surface area contributed by atoms with Gasteiger partial charge in [-0.15, -0.1) is 10.2 Å². The van der Waals surface area contributed by atoms with Crippen molar-refractivity contribution < 1.29 is 0 Å². The van der Waals surface area contributed by atoms with E-state index in [2.05, 4.69) is 46.7 Å². The van der Waals surface area contributed by atoms with Crippen LogP contribution < -0.4 is 5.32 Å². The molecule has 1 N–H and O–H groups in total. The Labute approximate surface area is 123 Å². The summed E-state index contributed by atoms with van der Waals surface area (Å²) in [6, 6.07) is 12.4. The first-order valence-corrected chi connectivity index (χ1v) is 6.90. The van der Waals surface area contributed by atoms with Crippen molar-refractivity contribution in [1.82, 2.24) is 10.2 Å². The summed E-state index contributed by atoms with van der Waals surface area (Å²) in [6.45, 7) is 2.10. The highest BCUT2D eigenvalue weighted by atomic mass is 35.5. The first-order valence-electron chi connectivity index (χ1n) is 6.14. The van der Waals surface area contributed by atoms with Gasteiger partial charge in [-0.25, -0.2) is 0 Å². The number of hydrogen-bond acceptors (Lipinski definition) is 3. The van der Waals surface area contributed by atoms with E-state index < -0.39 is 0 Å². The van der Waals surface area contributed by atoms with Crippen LogP contribution in [-0.4, -0.2) is 16.2 Å². The van der Waals surface area contributed by atoms with E-state index in [1.807, 2.05) is 6.07 Å². The van der Waals surface area contributed by atoms with Crippen LogP contribution >= 0.6 is 23.2 Å². The molecule has 1 unspecified atom stereocenters. The van der Waals surface area contributed by atoms with Crippen molar-refractivity contribution >= 4 is 28.9 Å². The molecule has 0 fully saturated rings. The van der Waals surface area contributed by atoms with Gasteiger partial charge in [-0.05, 0) is 25.3 Å². The Kier molecular flexibility index (Phi) is 5.00. The zero-order chi connectivity index (χ0) is 13.7. The topological polar surface area (TPSA) is 37.8 Å². The highest BCUT2D eigenvalue weighted by Crippen LogP contribution is 2.22. The predicted octanol–water partition coefficient (Wildman–Crippen LogP) is 4.22. The molecule has 1 heterocycles. The number of hydrogen-bond donors (Lipinski definition) is 1. The van der Waals surface area contributed by atoms with E-state index in [0.29, 0.717) is 10.3 Å². The van der Waals surface area contributed by atoms with Crippen LogP contribution in [0.2, 0.25) is 10.3 Å². The third-order valence-corrected chi connectivity index (χ3v) is 3.29. The molecule has 0 bridgehead atoms. The third kappa shape index (κ3) is 4.37. The standard InChI is InChI=1S/C14H15Cl2N3/c1-10(7-8-11-5-3-2-4-6-11)17-12-9-13(15)18-19-14(12)16/h2-6,9-10H,7-8H2,1H3,(H,17,18). The van der Waals surface area contributed by atoms with Crippen LogP contribution in [0.3, 0.4) is 0 Å². The highest BCUT2D eigenvalue weighted by molar-refractivity contribution is 6.33. The summed E-state index contributed by atoms with van der Waals surface area (Å²) >= 11 is 11.8. The summed E-state index contributed by atoms with van der Waals surface area (Å²) < 4.78 is 0. The molecular weight excluding hydrogens is 281 g/mol. The maximum Gasteiger partial charge on any atom is 0.174 e. The molecule has 100 valence electrons. The monoisotopic (exact) mass is 295 g/mol. The molecule has 0 aliphatic rings. The van der Waals surface area contributed by atoms with E-state index in [1.54, 1.807) is 6.07 Å². The molecule has 3 nitrogen and oxygen atoms in total. The highest BCUT2D eigenvalue weighted by Gasteiger charge is 2.08. The minimum Gasteiger partial charge on any atom is -0.380 e. The summed E-state index contributed by atoms with van der Waals surface area (Å²) in [5, 5.41) is 11.4. The average Bonchev–Trinajstić information content (AvgIpc) is 2.42. The van der Waals surface area contributed by atoms with Gasteiger partial charge < -0.3 is 5.32 Å². The molecule has 0 saturated heterocycles. The number of benzene rings is 1. The second-order valence-electron chi connectivity index (χ2n) is 4.44. The Balaban J connectivity index is 1.90. The first-order chi connectivity index (χ1) is 9.15. The van der Waals surface area contributed by atoms with Gasteiger partial charge in [0.1, 0.15) is 0 Å². The average molecular weight is 296 g/mol. The summed E-state index contributed by atoms with van der Waals surface area (Å²) in [7, 11) is 0. The second-order valence-corrected chi connectivity index (χ2v) is 5.19. The fourth-order valence-electron chi connectivity index (χ4n) is 1.82. The van der Waals surface area contributed by atoms with Crippen LogP contribution in [-0.2, 0) is 6.42 Å². The van der Waals surface area contributed by atoms with E-state index in [1.165, 1.54) is 5.56 Å².